The minimum absolute atomic E-state index is 0.0777. The van der Waals surface area contributed by atoms with Crippen molar-refractivity contribution in [1.29, 1.82) is 0 Å². The first-order valence-corrected chi connectivity index (χ1v) is 5.64. The van der Waals surface area contributed by atoms with Crippen LogP contribution >= 0.6 is 0 Å². The third-order valence-corrected chi connectivity index (χ3v) is 2.65. The molecule has 6 nitrogen and oxygen atoms in total. The summed E-state index contributed by atoms with van der Waals surface area (Å²) in [4.78, 5) is 11.7. The molecular weight excluding hydrogens is 216 g/mol. The van der Waals surface area contributed by atoms with E-state index in [0.717, 1.165) is 23.6 Å². The van der Waals surface area contributed by atoms with E-state index in [1.54, 1.807) is 12.4 Å². The van der Waals surface area contributed by atoms with Gasteiger partial charge < -0.3 is 10.3 Å². The van der Waals surface area contributed by atoms with Crippen molar-refractivity contribution >= 4 is 5.95 Å². The first-order valence-electron chi connectivity index (χ1n) is 5.64. The van der Waals surface area contributed by atoms with E-state index in [0.29, 0.717) is 5.95 Å². The summed E-state index contributed by atoms with van der Waals surface area (Å²) in [6.07, 6.45) is 4.43. The Kier molecular flexibility index (Phi) is 3.32. The van der Waals surface area contributed by atoms with Gasteiger partial charge in [0.2, 0.25) is 5.95 Å². The third-order valence-electron chi connectivity index (χ3n) is 2.65. The predicted octanol–water partition coefficient (Wildman–Crippen LogP) is 1.77. The number of aromatic nitrogens is 5. The molecule has 1 atom stereocenters. The summed E-state index contributed by atoms with van der Waals surface area (Å²) < 4.78 is 0. The van der Waals surface area contributed by atoms with Gasteiger partial charge in [-0.3, -0.25) is 0 Å². The molecule has 0 aliphatic rings. The van der Waals surface area contributed by atoms with Gasteiger partial charge in [0.25, 0.3) is 0 Å². The van der Waals surface area contributed by atoms with Crippen LogP contribution in [0, 0.1) is 13.8 Å². The van der Waals surface area contributed by atoms with Crippen molar-refractivity contribution in [1.82, 2.24) is 25.1 Å². The molecule has 0 bridgehead atoms. The Morgan fingerprint density at radius 2 is 2.12 bits per heavy atom. The standard InChI is InChI=1S/C11H16N6/c1-4-9(10-12-5-6-13-10)15-11-14-7(2)8(3)16-17-11/h5-6,9H,4H2,1-3H3,(H,12,13)(H,14,15,17). The summed E-state index contributed by atoms with van der Waals surface area (Å²) >= 11 is 0. The molecule has 2 heterocycles. The van der Waals surface area contributed by atoms with Crippen LogP contribution < -0.4 is 5.32 Å². The molecule has 0 saturated carbocycles. The molecule has 17 heavy (non-hydrogen) atoms. The van der Waals surface area contributed by atoms with Gasteiger partial charge in [-0.1, -0.05) is 6.92 Å². The summed E-state index contributed by atoms with van der Waals surface area (Å²) in [5, 5.41) is 11.3. The number of anilines is 1. The second-order valence-corrected chi connectivity index (χ2v) is 3.89. The van der Waals surface area contributed by atoms with Crippen LogP contribution in [0.1, 0.15) is 36.6 Å². The molecule has 2 aromatic rings. The minimum atomic E-state index is 0.0777. The number of hydrogen-bond donors (Lipinski definition) is 2. The highest BCUT2D eigenvalue weighted by Crippen LogP contribution is 2.16. The molecule has 2 N–H and O–H groups in total. The van der Waals surface area contributed by atoms with E-state index in [-0.39, 0.29) is 6.04 Å². The largest absolute Gasteiger partial charge is 0.347 e. The average Bonchev–Trinajstić information content (AvgIpc) is 2.84. The third kappa shape index (κ3) is 2.58. The van der Waals surface area contributed by atoms with Crippen LogP contribution in [0.4, 0.5) is 5.95 Å². The molecule has 2 rings (SSSR count). The van der Waals surface area contributed by atoms with E-state index >= 15 is 0 Å². The summed E-state index contributed by atoms with van der Waals surface area (Å²) in [6, 6.07) is 0.0777. The Morgan fingerprint density at radius 3 is 2.71 bits per heavy atom. The van der Waals surface area contributed by atoms with E-state index in [4.69, 9.17) is 0 Å². The molecule has 0 saturated heterocycles. The summed E-state index contributed by atoms with van der Waals surface area (Å²) in [7, 11) is 0. The van der Waals surface area contributed by atoms with E-state index in [1.807, 2.05) is 13.8 Å². The monoisotopic (exact) mass is 232 g/mol. The molecule has 0 aliphatic carbocycles. The van der Waals surface area contributed by atoms with E-state index in [2.05, 4.69) is 37.4 Å². The molecule has 6 heteroatoms. The van der Waals surface area contributed by atoms with Gasteiger partial charge in [-0.25, -0.2) is 9.97 Å². The van der Waals surface area contributed by atoms with Crippen LogP contribution in [-0.2, 0) is 0 Å². The maximum absolute atomic E-state index is 4.34. The Hall–Kier alpha value is -1.98. The van der Waals surface area contributed by atoms with Crippen molar-refractivity contribution in [3.8, 4) is 0 Å². The Labute approximate surface area is 99.9 Å². The highest BCUT2D eigenvalue weighted by molar-refractivity contribution is 5.27. The number of aromatic amines is 1. The molecule has 0 amide bonds. The highest BCUT2D eigenvalue weighted by Gasteiger charge is 2.13. The van der Waals surface area contributed by atoms with Crippen LogP contribution in [0.25, 0.3) is 0 Å². The van der Waals surface area contributed by atoms with Gasteiger partial charge in [0.05, 0.1) is 17.4 Å². The lowest BCUT2D eigenvalue weighted by molar-refractivity contribution is 0.689. The summed E-state index contributed by atoms with van der Waals surface area (Å²) in [6.45, 7) is 5.89. The van der Waals surface area contributed by atoms with E-state index in [9.17, 15) is 0 Å². The van der Waals surface area contributed by atoms with Crippen LogP contribution in [0.15, 0.2) is 12.4 Å². The maximum Gasteiger partial charge on any atom is 0.243 e. The molecular formula is C11H16N6. The van der Waals surface area contributed by atoms with Gasteiger partial charge in [0.1, 0.15) is 5.82 Å². The van der Waals surface area contributed by atoms with Crippen LogP contribution in [0.2, 0.25) is 0 Å². The van der Waals surface area contributed by atoms with Gasteiger partial charge in [-0.05, 0) is 20.3 Å². The molecule has 0 aliphatic heterocycles. The fourth-order valence-corrected chi connectivity index (χ4v) is 1.51. The maximum atomic E-state index is 4.34. The van der Waals surface area contributed by atoms with Crippen molar-refractivity contribution in [2.75, 3.05) is 5.32 Å². The second-order valence-electron chi connectivity index (χ2n) is 3.89. The number of aryl methyl sites for hydroxylation is 2. The normalized spacial score (nSPS) is 12.4. The summed E-state index contributed by atoms with van der Waals surface area (Å²) in [5.74, 6) is 1.42. The first kappa shape index (κ1) is 11.5. The Balaban J connectivity index is 2.16. The first-order chi connectivity index (χ1) is 8.20. The lowest BCUT2D eigenvalue weighted by Gasteiger charge is -2.14. The molecule has 0 aromatic carbocycles. The molecule has 1 unspecified atom stereocenters. The molecule has 2 aromatic heterocycles. The fraction of sp³-hybridized carbons (Fsp3) is 0.455. The van der Waals surface area contributed by atoms with Gasteiger partial charge in [0, 0.05) is 12.4 Å². The molecule has 0 fully saturated rings. The highest BCUT2D eigenvalue weighted by atomic mass is 15.3. The smallest absolute Gasteiger partial charge is 0.243 e. The number of rotatable bonds is 4. The predicted molar refractivity (Wildman–Crippen MR) is 64.5 cm³/mol. The average molecular weight is 232 g/mol. The number of imidazole rings is 1. The van der Waals surface area contributed by atoms with Crippen molar-refractivity contribution in [2.45, 2.75) is 33.2 Å². The van der Waals surface area contributed by atoms with Crippen molar-refractivity contribution in [3.63, 3.8) is 0 Å². The van der Waals surface area contributed by atoms with Gasteiger partial charge in [-0.15, -0.1) is 5.10 Å². The Morgan fingerprint density at radius 1 is 1.29 bits per heavy atom. The minimum Gasteiger partial charge on any atom is -0.347 e. The van der Waals surface area contributed by atoms with Gasteiger partial charge >= 0.3 is 0 Å². The number of hydrogen-bond acceptors (Lipinski definition) is 5. The van der Waals surface area contributed by atoms with Gasteiger partial charge in [0.15, 0.2) is 0 Å². The zero-order valence-electron chi connectivity index (χ0n) is 10.2. The fourth-order valence-electron chi connectivity index (χ4n) is 1.51. The zero-order chi connectivity index (χ0) is 12.3. The lowest BCUT2D eigenvalue weighted by Crippen LogP contribution is -2.14. The van der Waals surface area contributed by atoms with Crippen molar-refractivity contribution < 1.29 is 0 Å². The Bertz CT molecular complexity index is 479. The number of nitrogens with one attached hydrogen (secondary N) is 2. The van der Waals surface area contributed by atoms with Crippen molar-refractivity contribution in [2.24, 2.45) is 0 Å². The molecule has 90 valence electrons. The SMILES string of the molecule is CCC(Nc1nnc(C)c(C)n1)c1ncc[nH]1. The number of nitrogens with zero attached hydrogens (tertiary/aromatic N) is 4. The van der Waals surface area contributed by atoms with Crippen LogP contribution in [0.3, 0.4) is 0 Å². The van der Waals surface area contributed by atoms with Crippen molar-refractivity contribution in [3.05, 3.63) is 29.6 Å². The van der Waals surface area contributed by atoms with E-state index < -0.39 is 0 Å². The number of H-pyrrole nitrogens is 1. The second kappa shape index (κ2) is 4.90. The topological polar surface area (TPSA) is 79.4 Å². The molecule has 0 radical (unpaired) electrons. The lowest BCUT2D eigenvalue weighted by atomic mass is 10.2. The summed E-state index contributed by atoms with van der Waals surface area (Å²) in [5.41, 5.74) is 1.73. The van der Waals surface area contributed by atoms with Crippen LogP contribution in [0.5, 0.6) is 0 Å². The zero-order valence-corrected chi connectivity index (χ0v) is 10.2. The quantitative estimate of drug-likeness (QED) is 0.839. The van der Waals surface area contributed by atoms with Crippen LogP contribution in [-0.4, -0.2) is 25.1 Å². The van der Waals surface area contributed by atoms with E-state index in [1.165, 1.54) is 0 Å². The molecule has 0 spiro atoms. The van der Waals surface area contributed by atoms with Gasteiger partial charge in [-0.2, -0.15) is 5.10 Å².